The van der Waals surface area contributed by atoms with Gasteiger partial charge in [0.1, 0.15) is 0 Å². The van der Waals surface area contributed by atoms with E-state index in [0.29, 0.717) is 0 Å². The molecule has 2 nitrogen and oxygen atoms in total. The first-order valence-electron chi connectivity index (χ1n) is 7.39. The molecule has 0 spiro atoms. The largest absolute Gasteiger partial charge is 0.355 e. The minimum atomic E-state index is 0.0409. The third-order valence-corrected chi connectivity index (χ3v) is 5.04. The van der Waals surface area contributed by atoms with Gasteiger partial charge in [-0.3, -0.25) is 4.79 Å². The molecule has 0 aromatic heterocycles. The van der Waals surface area contributed by atoms with Crippen LogP contribution in [0.4, 0.5) is 0 Å². The van der Waals surface area contributed by atoms with Gasteiger partial charge in [0.15, 0.2) is 0 Å². The van der Waals surface area contributed by atoms with Gasteiger partial charge in [-0.1, -0.05) is 48.5 Å². The Morgan fingerprint density at radius 3 is 2.67 bits per heavy atom. The van der Waals surface area contributed by atoms with E-state index in [1.165, 1.54) is 16.0 Å². The van der Waals surface area contributed by atoms with E-state index in [1.54, 1.807) is 11.8 Å². The molecule has 1 amide bonds. The number of hydrogen-bond donors (Lipinski definition) is 1. The monoisotopic (exact) mass is 297 g/mol. The summed E-state index contributed by atoms with van der Waals surface area (Å²) in [5, 5.41) is 3.11. The summed E-state index contributed by atoms with van der Waals surface area (Å²) in [6.45, 7) is 0.751. The van der Waals surface area contributed by atoms with Crippen LogP contribution in [-0.2, 0) is 17.6 Å². The van der Waals surface area contributed by atoms with Crippen LogP contribution >= 0.6 is 11.8 Å². The average molecular weight is 297 g/mol. The Morgan fingerprint density at radius 2 is 1.86 bits per heavy atom. The molecule has 1 unspecified atom stereocenters. The van der Waals surface area contributed by atoms with Gasteiger partial charge >= 0.3 is 0 Å². The number of thioether (sulfide) groups is 1. The summed E-state index contributed by atoms with van der Waals surface area (Å²) in [5.74, 6) is 0.171. The van der Waals surface area contributed by atoms with Gasteiger partial charge in [-0.15, -0.1) is 11.8 Å². The van der Waals surface area contributed by atoms with Crippen LogP contribution in [0.1, 0.15) is 17.5 Å². The van der Waals surface area contributed by atoms with Crippen molar-refractivity contribution in [3.8, 4) is 0 Å². The van der Waals surface area contributed by atoms with E-state index in [1.807, 2.05) is 18.2 Å². The predicted octanol–water partition coefficient (Wildman–Crippen LogP) is 3.45. The Labute approximate surface area is 130 Å². The highest BCUT2D eigenvalue weighted by Gasteiger charge is 2.27. The summed E-state index contributed by atoms with van der Waals surface area (Å²) in [4.78, 5) is 13.4. The molecule has 0 radical (unpaired) electrons. The Hall–Kier alpha value is -1.74. The molecule has 1 atom stereocenters. The molecule has 21 heavy (non-hydrogen) atoms. The number of aryl methyl sites for hydroxylation is 1. The summed E-state index contributed by atoms with van der Waals surface area (Å²) in [7, 11) is 0. The van der Waals surface area contributed by atoms with E-state index in [4.69, 9.17) is 0 Å². The molecule has 3 heteroatoms. The van der Waals surface area contributed by atoms with Crippen LogP contribution in [0, 0.1) is 0 Å². The molecule has 0 aliphatic carbocycles. The van der Waals surface area contributed by atoms with Crippen molar-refractivity contribution in [2.45, 2.75) is 29.4 Å². The van der Waals surface area contributed by atoms with Crippen LogP contribution < -0.4 is 5.32 Å². The summed E-state index contributed by atoms with van der Waals surface area (Å²) in [5.41, 5.74) is 2.63. The number of carbonyl (C=O) groups is 1. The van der Waals surface area contributed by atoms with E-state index in [2.05, 4.69) is 41.7 Å². The smallest absolute Gasteiger partial charge is 0.233 e. The number of fused-ring (bicyclic) bond motifs is 1. The summed E-state index contributed by atoms with van der Waals surface area (Å²) in [6.07, 6.45) is 2.85. The fourth-order valence-electron chi connectivity index (χ4n) is 2.59. The van der Waals surface area contributed by atoms with Crippen molar-refractivity contribution in [1.29, 1.82) is 0 Å². The van der Waals surface area contributed by atoms with E-state index in [-0.39, 0.29) is 11.2 Å². The highest BCUT2D eigenvalue weighted by atomic mass is 32.2. The van der Waals surface area contributed by atoms with Crippen molar-refractivity contribution in [3.63, 3.8) is 0 Å². The van der Waals surface area contributed by atoms with Crippen molar-refractivity contribution < 1.29 is 4.79 Å². The SMILES string of the molecule is O=C(NCCCc1ccccc1)C1Cc2ccccc2S1. The molecule has 1 aliphatic heterocycles. The molecule has 1 aliphatic rings. The molecule has 3 rings (SSSR count). The molecular weight excluding hydrogens is 278 g/mol. The molecule has 108 valence electrons. The Balaban J connectivity index is 1.42. The summed E-state index contributed by atoms with van der Waals surface area (Å²) in [6, 6.07) is 18.7. The fourth-order valence-corrected chi connectivity index (χ4v) is 3.81. The highest BCUT2D eigenvalue weighted by molar-refractivity contribution is 8.01. The first kappa shape index (κ1) is 14.2. The Bertz CT molecular complexity index is 587. The third-order valence-electron chi connectivity index (χ3n) is 3.72. The molecule has 1 heterocycles. The maximum atomic E-state index is 12.2. The van der Waals surface area contributed by atoms with Gasteiger partial charge in [0, 0.05) is 11.4 Å². The van der Waals surface area contributed by atoms with Crippen LogP contribution in [-0.4, -0.2) is 17.7 Å². The first-order valence-corrected chi connectivity index (χ1v) is 8.27. The third kappa shape index (κ3) is 3.67. The van der Waals surface area contributed by atoms with E-state index >= 15 is 0 Å². The second kappa shape index (κ2) is 6.81. The molecule has 0 saturated heterocycles. The number of rotatable bonds is 5. The number of amides is 1. The number of carbonyl (C=O) groups excluding carboxylic acids is 1. The second-order valence-electron chi connectivity index (χ2n) is 5.30. The molecule has 0 saturated carbocycles. The van der Waals surface area contributed by atoms with Crippen molar-refractivity contribution in [1.82, 2.24) is 5.32 Å². The van der Waals surface area contributed by atoms with Crippen LogP contribution in [0.2, 0.25) is 0 Å². The topological polar surface area (TPSA) is 29.1 Å². The normalized spacial score (nSPS) is 16.5. The van der Waals surface area contributed by atoms with Gasteiger partial charge in [-0.05, 0) is 36.5 Å². The fraction of sp³-hybridized carbons (Fsp3) is 0.278. The zero-order chi connectivity index (χ0) is 14.5. The van der Waals surface area contributed by atoms with E-state index in [9.17, 15) is 4.79 Å². The van der Waals surface area contributed by atoms with Gasteiger partial charge < -0.3 is 5.32 Å². The maximum Gasteiger partial charge on any atom is 0.233 e. The van der Waals surface area contributed by atoms with Gasteiger partial charge in [0.25, 0.3) is 0 Å². The Kier molecular flexibility index (Phi) is 4.61. The van der Waals surface area contributed by atoms with Crippen molar-refractivity contribution in [2.75, 3.05) is 6.54 Å². The van der Waals surface area contributed by atoms with E-state index in [0.717, 1.165) is 25.8 Å². The number of nitrogens with one attached hydrogen (secondary N) is 1. The molecule has 1 N–H and O–H groups in total. The lowest BCUT2D eigenvalue weighted by Gasteiger charge is -2.09. The van der Waals surface area contributed by atoms with Crippen molar-refractivity contribution in [2.24, 2.45) is 0 Å². The average Bonchev–Trinajstić information content (AvgIpc) is 2.96. The lowest BCUT2D eigenvalue weighted by atomic mass is 10.1. The molecule has 0 bridgehead atoms. The summed E-state index contributed by atoms with van der Waals surface area (Å²) >= 11 is 1.69. The maximum absolute atomic E-state index is 12.2. The lowest BCUT2D eigenvalue weighted by molar-refractivity contribution is -0.120. The van der Waals surface area contributed by atoms with E-state index < -0.39 is 0 Å². The zero-order valence-electron chi connectivity index (χ0n) is 11.9. The Morgan fingerprint density at radius 1 is 1.10 bits per heavy atom. The van der Waals surface area contributed by atoms with Gasteiger partial charge in [0.05, 0.1) is 5.25 Å². The van der Waals surface area contributed by atoms with Gasteiger partial charge in [-0.25, -0.2) is 0 Å². The summed E-state index contributed by atoms with van der Waals surface area (Å²) < 4.78 is 0. The van der Waals surface area contributed by atoms with Crippen molar-refractivity contribution in [3.05, 3.63) is 65.7 Å². The van der Waals surface area contributed by atoms with Crippen LogP contribution in [0.5, 0.6) is 0 Å². The second-order valence-corrected chi connectivity index (χ2v) is 6.54. The standard InChI is InChI=1S/C18H19NOS/c20-18(17-13-15-10-4-5-11-16(15)21-17)19-12-6-9-14-7-2-1-3-8-14/h1-5,7-8,10-11,17H,6,9,12-13H2,(H,19,20). The minimum Gasteiger partial charge on any atom is -0.355 e. The van der Waals surface area contributed by atoms with Gasteiger partial charge in [0.2, 0.25) is 5.91 Å². The van der Waals surface area contributed by atoms with Crippen LogP contribution in [0.15, 0.2) is 59.5 Å². The highest BCUT2D eigenvalue weighted by Crippen LogP contribution is 2.36. The first-order chi connectivity index (χ1) is 10.3. The van der Waals surface area contributed by atoms with Crippen LogP contribution in [0.3, 0.4) is 0 Å². The molecule has 2 aromatic rings. The van der Waals surface area contributed by atoms with Crippen molar-refractivity contribution >= 4 is 17.7 Å². The minimum absolute atomic E-state index is 0.0409. The van der Waals surface area contributed by atoms with Gasteiger partial charge in [-0.2, -0.15) is 0 Å². The zero-order valence-corrected chi connectivity index (χ0v) is 12.7. The molecular formula is C18H19NOS. The quantitative estimate of drug-likeness (QED) is 0.856. The van der Waals surface area contributed by atoms with Crippen LogP contribution in [0.25, 0.3) is 0 Å². The molecule has 0 fully saturated rings. The molecule has 2 aromatic carbocycles. The lowest BCUT2D eigenvalue weighted by Crippen LogP contribution is -2.33. The number of hydrogen-bond acceptors (Lipinski definition) is 2. The number of benzene rings is 2. The predicted molar refractivity (Wildman–Crippen MR) is 87.6 cm³/mol.